The molecule has 1 saturated carbocycles. The van der Waals surface area contributed by atoms with Crippen LogP contribution >= 0.6 is 11.6 Å². The third kappa shape index (κ3) is 2.47. The summed E-state index contributed by atoms with van der Waals surface area (Å²) < 4.78 is 19.0. The molecule has 0 bridgehead atoms. The maximum absolute atomic E-state index is 13.2. The van der Waals surface area contributed by atoms with Crippen LogP contribution in [0.4, 0.5) is 4.39 Å². The summed E-state index contributed by atoms with van der Waals surface area (Å²) in [7, 11) is 0. The lowest BCUT2D eigenvalue weighted by Gasteiger charge is -2.51. The van der Waals surface area contributed by atoms with E-state index < -0.39 is 0 Å². The first-order valence-corrected chi connectivity index (χ1v) is 6.68. The van der Waals surface area contributed by atoms with Crippen molar-refractivity contribution in [1.82, 2.24) is 5.32 Å². The average Bonchev–Trinajstić information content (AvgIpc) is 2.32. The van der Waals surface area contributed by atoms with E-state index in [2.05, 4.69) is 26.1 Å². The Labute approximate surface area is 112 Å². The van der Waals surface area contributed by atoms with Crippen molar-refractivity contribution < 1.29 is 9.13 Å². The van der Waals surface area contributed by atoms with E-state index in [1.54, 1.807) is 0 Å². The van der Waals surface area contributed by atoms with Crippen molar-refractivity contribution in [2.75, 3.05) is 6.54 Å². The zero-order valence-corrected chi connectivity index (χ0v) is 11.7. The summed E-state index contributed by atoms with van der Waals surface area (Å²) in [5.74, 6) is 0.111. The van der Waals surface area contributed by atoms with Gasteiger partial charge in [0.25, 0.3) is 0 Å². The first kappa shape index (κ1) is 13.6. The van der Waals surface area contributed by atoms with E-state index >= 15 is 0 Å². The van der Waals surface area contributed by atoms with Crippen LogP contribution in [-0.2, 0) is 0 Å². The van der Waals surface area contributed by atoms with Crippen molar-refractivity contribution in [2.24, 2.45) is 5.41 Å². The van der Waals surface area contributed by atoms with Gasteiger partial charge in [0.05, 0.1) is 5.02 Å². The minimum atomic E-state index is -0.324. The van der Waals surface area contributed by atoms with E-state index in [0.29, 0.717) is 16.8 Å². The van der Waals surface area contributed by atoms with Crippen LogP contribution in [0, 0.1) is 11.2 Å². The van der Waals surface area contributed by atoms with E-state index in [9.17, 15) is 4.39 Å². The van der Waals surface area contributed by atoms with Crippen molar-refractivity contribution in [1.29, 1.82) is 0 Å². The molecule has 0 heterocycles. The molecule has 0 radical (unpaired) electrons. The molecular weight excluding hydrogens is 253 g/mol. The number of halogens is 2. The van der Waals surface area contributed by atoms with Crippen molar-refractivity contribution in [3.05, 3.63) is 29.0 Å². The van der Waals surface area contributed by atoms with Crippen LogP contribution in [-0.4, -0.2) is 18.7 Å². The minimum absolute atomic E-state index is 0.0334. The fourth-order valence-corrected chi connectivity index (χ4v) is 2.56. The second-order valence-electron chi connectivity index (χ2n) is 5.35. The number of hydrogen-bond acceptors (Lipinski definition) is 2. The molecule has 0 aromatic heterocycles. The molecule has 1 aliphatic carbocycles. The van der Waals surface area contributed by atoms with Gasteiger partial charge in [-0.2, -0.15) is 0 Å². The molecule has 2 nitrogen and oxygen atoms in total. The zero-order chi connectivity index (χ0) is 13.3. The van der Waals surface area contributed by atoms with E-state index in [0.717, 1.165) is 13.0 Å². The molecule has 18 heavy (non-hydrogen) atoms. The molecule has 1 aromatic rings. The molecule has 0 spiro atoms. The molecule has 1 fully saturated rings. The van der Waals surface area contributed by atoms with Gasteiger partial charge in [0, 0.05) is 23.9 Å². The van der Waals surface area contributed by atoms with Crippen LogP contribution in [0.25, 0.3) is 0 Å². The molecule has 1 aliphatic rings. The average molecular weight is 272 g/mol. The Kier molecular flexibility index (Phi) is 3.83. The molecule has 1 aromatic carbocycles. The first-order chi connectivity index (χ1) is 8.45. The second-order valence-corrected chi connectivity index (χ2v) is 5.76. The SMILES string of the molecule is CCNC1CC(Oc2cc(F)ccc2Cl)C1(C)C. The highest BCUT2D eigenvalue weighted by molar-refractivity contribution is 6.32. The quantitative estimate of drug-likeness (QED) is 0.903. The van der Waals surface area contributed by atoms with Crippen molar-refractivity contribution in [3.63, 3.8) is 0 Å². The molecule has 1 N–H and O–H groups in total. The van der Waals surface area contributed by atoms with Gasteiger partial charge in [-0.3, -0.25) is 0 Å². The van der Waals surface area contributed by atoms with Crippen molar-refractivity contribution in [2.45, 2.75) is 39.3 Å². The Morgan fingerprint density at radius 3 is 2.83 bits per heavy atom. The molecule has 2 atom stereocenters. The number of nitrogens with one attached hydrogen (secondary N) is 1. The van der Waals surface area contributed by atoms with Gasteiger partial charge >= 0.3 is 0 Å². The van der Waals surface area contributed by atoms with Crippen molar-refractivity contribution >= 4 is 11.6 Å². The summed E-state index contributed by atoms with van der Waals surface area (Å²) in [6.45, 7) is 7.35. The largest absolute Gasteiger partial charge is 0.488 e. The smallest absolute Gasteiger partial charge is 0.141 e. The summed E-state index contributed by atoms with van der Waals surface area (Å²) >= 11 is 6.00. The lowest BCUT2D eigenvalue weighted by Crippen LogP contribution is -2.62. The number of hydrogen-bond donors (Lipinski definition) is 1. The number of ether oxygens (including phenoxy) is 1. The van der Waals surface area contributed by atoms with E-state index in [-0.39, 0.29) is 17.3 Å². The minimum Gasteiger partial charge on any atom is -0.488 e. The van der Waals surface area contributed by atoms with Gasteiger partial charge in [-0.1, -0.05) is 32.4 Å². The van der Waals surface area contributed by atoms with Crippen LogP contribution in [0.1, 0.15) is 27.2 Å². The summed E-state index contributed by atoms with van der Waals surface area (Å²) in [4.78, 5) is 0. The molecular formula is C14H19ClFNO. The van der Waals surface area contributed by atoms with Crippen LogP contribution in [0.5, 0.6) is 5.75 Å². The van der Waals surface area contributed by atoms with Gasteiger partial charge in [-0.05, 0) is 18.7 Å². The summed E-state index contributed by atoms with van der Waals surface area (Å²) in [6, 6.07) is 4.65. The molecule has 0 saturated heterocycles. The Morgan fingerprint density at radius 2 is 2.22 bits per heavy atom. The fraction of sp³-hybridized carbons (Fsp3) is 0.571. The highest BCUT2D eigenvalue weighted by Gasteiger charge is 2.49. The first-order valence-electron chi connectivity index (χ1n) is 6.30. The summed E-state index contributed by atoms with van der Waals surface area (Å²) in [5.41, 5.74) is 0.0334. The lowest BCUT2D eigenvalue weighted by molar-refractivity contribution is -0.0542. The molecule has 2 rings (SSSR count). The number of rotatable bonds is 4. The summed E-state index contributed by atoms with van der Waals surface area (Å²) in [6.07, 6.45) is 0.995. The van der Waals surface area contributed by atoms with Crippen LogP contribution in [0.15, 0.2) is 18.2 Å². The highest BCUT2D eigenvalue weighted by Crippen LogP contribution is 2.44. The summed E-state index contributed by atoms with van der Waals surface area (Å²) in [5, 5.41) is 3.88. The van der Waals surface area contributed by atoms with E-state index in [4.69, 9.17) is 16.3 Å². The molecule has 4 heteroatoms. The van der Waals surface area contributed by atoms with Gasteiger partial charge in [0.1, 0.15) is 17.7 Å². The zero-order valence-electron chi connectivity index (χ0n) is 11.0. The molecule has 2 unspecified atom stereocenters. The lowest BCUT2D eigenvalue weighted by atomic mass is 9.64. The predicted octanol–water partition coefficient (Wildman–Crippen LogP) is 3.63. The third-order valence-electron chi connectivity index (χ3n) is 3.79. The van der Waals surface area contributed by atoms with Gasteiger partial charge in [-0.15, -0.1) is 0 Å². The second kappa shape index (κ2) is 5.06. The van der Waals surface area contributed by atoms with Crippen LogP contribution < -0.4 is 10.1 Å². The van der Waals surface area contributed by atoms with Gasteiger partial charge in [0.2, 0.25) is 0 Å². The molecule has 0 amide bonds. The van der Waals surface area contributed by atoms with Crippen molar-refractivity contribution in [3.8, 4) is 5.75 Å². The van der Waals surface area contributed by atoms with Gasteiger partial charge in [-0.25, -0.2) is 4.39 Å². The standard InChI is InChI=1S/C14H19ClFNO/c1-4-17-12-8-13(14(12,2)3)18-11-7-9(16)5-6-10(11)15/h5-7,12-13,17H,4,8H2,1-3H3. The Hall–Kier alpha value is -0.800. The van der Waals surface area contributed by atoms with Crippen LogP contribution in [0.2, 0.25) is 5.02 Å². The monoisotopic (exact) mass is 271 g/mol. The maximum Gasteiger partial charge on any atom is 0.141 e. The molecule has 0 aliphatic heterocycles. The Morgan fingerprint density at radius 1 is 1.50 bits per heavy atom. The van der Waals surface area contributed by atoms with E-state index in [1.165, 1.54) is 18.2 Å². The Balaban J connectivity index is 2.05. The topological polar surface area (TPSA) is 21.3 Å². The fourth-order valence-electron chi connectivity index (χ4n) is 2.40. The van der Waals surface area contributed by atoms with Gasteiger partial charge in [0.15, 0.2) is 0 Å². The van der Waals surface area contributed by atoms with E-state index in [1.807, 2.05) is 0 Å². The number of benzene rings is 1. The predicted molar refractivity (Wildman–Crippen MR) is 71.7 cm³/mol. The third-order valence-corrected chi connectivity index (χ3v) is 4.10. The Bertz CT molecular complexity index is 436. The highest BCUT2D eigenvalue weighted by atomic mass is 35.5. The van der Waals surface area contributed by atoms with Crippen LogP contribution in [0.3, 0.4) is 0 Å². The van der Waals surface area contributed by atoms with Gasteiger partial charge < -0.3 is 10.1 Å². The molecule has 100 valence electrons. The normalized spacial score (nSPS) is 25.6. The maximum atomic E-state index is 13.2.